The van der Waals surface area contributed by atoms with Gasteiger partial charge in [-0.3, -0.25) is 9.59 Å². The Bertz CT molecular complexity index is 280. The first-order valence-corrected chi connectivity index (χ1v) is 5.11. The smallest absolute Gasteiger partial charge is 0.242 e. The molecule has 1 aliphatic rings. The van der Waals surface area contributed by atoms with E-state index in [0.29, 0.717) is 6.54 Å². The first-order valence-electron chi connectivity index (χ1n) is 5.11. The summed E-state index contributed by atoms with van der Waals surface area (Å²) in [6.45, 7) is 6.59. The monoisotopic (exact) mass is 213 g/mol. The highest BCUT2D eigenvalue weighted by molar-refractivity contribution is 5.91. The van der Waals surface area contributed by atoms with Crippen LogP contribution in [0.2, 0.25) is 0 Å². The van der Waals surface area contributed by atoms with Gasteiger partial charge in [0.1, 0.15) is 5.54 Å². The van der Waals surface area contributed by atoms with Gasteiger partial charge in [0.15, 0.2) is 0 Å². The van der Waals surface area contributed by atoms with Crippen LogP contribution in [0.15, 0.2) is 0 Å². The van der Waals surface area contributed by atoms with Crippen LogP contribution in [0.5, 0.6) is 0 Å². The summed E-state index contributed by atoms with van der Waals surface area (Å²) in [4.78, 5) is 23.0. The molecule has 0 radical (unpaired) electrons. The Labute approximate surface area is 89.8 Å². The number of rotatable bonds is 3. The Hall–Kier alpha value is -1.10. The summed E-state index contributed by atoms with van der Waals surface area (Å²) in [6.07, 6.45) is 0.785. The van der Waals surface area contributed by atoms with E-state index in [1.165, 1.54) is 0 Å². The van der Waals surface area contributed by atoms with E-state index < -0.39 is 16.9 Å². The fourth-order valence-corrected chi connectivity index (χ4v) is 1.51. The Balaban J connectivity index is 2.66. The Morgan fingerprint density at radius 3 is 2.47 bits per heavy atom. The normalized spacial score (nSPS) is 26.3. The van der Waals surface area contributed by atoms with Crippen molar-refractivity contribution in [3.8, 4) is 0 Å². The van der Waals surface area contributed by atoms with Crippen LogP contribution in [-0.2, 0) is 9.59 Å². The van der Waals surface area contributed by atoms with E-state index in [1.807, 2.05) is 6.92 Å². The first-order chi connectivity index (χ1) is 6.78. The Morgan fingerprint density at radius 1 is 1.47 bits per heavy atom. The van der Waals surface area contributed by atoms with Crippen molar-refractivity contribution in [2.75, 3.05) is 13.1 Å². The summed E-state index contributed by atoms with van der Waals surface area (Å²) >= 11 is 0. The van der Waals surface area contributed by atoms with Gasteiger partial charge in [0.25, 0.3) is 0 Å². The molecule has 5 nitrogen and oxygen atoms in total. The zero-order valence-corrected chi connectivity index (χ0v) is 9.52. The lowest BCUT2D eigenvalue weighted by Gasteiger charge is -2.29. The van der Waals surface area contributed by atoms with E-state index in [9.17, 15) is 9.59 Å². The number of amides is 2. The van der Waals surface area contributed by atoms with Crippen molar-refractivity contribution in [2.24, 2.45) is 11.1 Å². The molecule has 0 aromatic rings. The van der Waals surface area contributed by atoms with Crippen molar-refractivity contribution in [2.45, 2.75) is 32.7 Å². The van der Waals surface area contributed by atoms with Crippen LogP contribution in [0.1, 0.15) is 27.2 Å². The van der Waals surface area contributed by atoms with E-state index in [2.05, 4.69) is 10.6 Å². The lowest BCUT2D eigenvalue weighted by Crippen LogP contribution is -2.56. The summed E-state index contributed by atoms with van der Waals surface area (Å²) in [6, 6.07) is 0. The third-order valence-corrected chi connectivity index (χ3v) is 2.96. The minimum atomic E-state index is -0.983. The van der Waals surface area contributed by atoms with Gasteiger partial charge < -0.3 is 16.4 Å². The van der Waals surface area contributed by atoms with Crippen LogP contribution in [0.4, 0.5) is 0 Å². The molecular formula is C10H19N3O2. The van der Waals surface area contributed by atoms with Gasteiger partial charge in [-0.2, -0.15) is 0 Å². The number of hydrogen-bond acceptors (Lipinski definition) is 3. The molecule has 0 spiro atoms. The SMILES string of the molecule is CC1(C(=O)NC(C)(C)C(N)=O)CCNC1. The molecule has 1 aliphatic heterocycles. The van der Waals surface area contributed by atoms with Gasteiger partial charge in [0, 0.05) is 6.54 Å². The van der Waals surface area contributed by atoms with Gasteiger partial charge in [0.2, 0.25) is 11.8 Å². The third-order valence-electron chi connectivity index (χ3n) is 2.96. The maximum absolute atomic E-state index is 11.9. The van der Waals surface area contributed by atoms with Gasteiger partial charge in [-0.25, -0.2) is 0 Å². The molecular weight excluding hydrogens is 194 g/mol. The van der Waals surface area contributed by atoms with E-state index in [4.69, 9.17) is 5.73 Å². The quantitative estimate of drug-likeness (QED) is 0.583. The second-order valence-electron chi connectivity index (χ2n) is 4.93. The summed E-state index contributed by atoms with van der Waals surface area (Å²) in [7, 11) is 0. The average molecular weight is 213 g/mol. The highest BCUT2D eigenvalue weighted by atomic mass is 16.2. The maximum Gasteiger partial charge on any atom is 0.242 e. The molecule has 4 N–H and O–H groups in total. The van der Waals surface area contributed by atoms with Crippen LogP contribution in [0, 0.1) is 5.41 Å². The van der Waals surface area contributed by atoms with Crippen molar-refractivity contribution in [3.05, 3.63) is 0 Å². The van der Waals surface area contributed by atoms with Gasteiger partial charge in [0.05, 0.1) is 5.41 Å². The van der Waals surface area contributed by atoms with Crippen LogP contribution >= 0.6 is 0 Å². The lowest BCUT2D eigenvalue weighted by atomic mass is 9.87. The van der Waals surface area contributed by atoms with Gasteiger partial charge in [-0.05, 0) is 33.7 Å². The fourth-order valence-electron chi connectivity index (χ4n) is 1.51. The van der Waals surface area contributed by atoms with Crippen molar-refractivity contribution in [1.29, 1.82) is 0 Å². The van der Waals surface area contributed by atoms with E-state index in [1.54, 1.807) is 13.8 Å². The second-order valence-corrected chi connectivity index (χ2v) is 4.93. The summed E-state index contributed by atoms with van der Waals surface area (Å²) in [5.41, 5.74) is 3.78. The van der Waals surface area contributed by atoms with Crippen LogP contribution < -0.4 is 16.4 Å². The predicted molar refractivity (Wildman–Crippen MR) is 57.0 cm³/mol. The lowest BCUT2D eigenvalue weighted by molar-refractivity contribution is -0.135. The van der Waals surface area contributed by atoms with E-state index in [-0.39, 0.29) is 5.91 Å². The molecule has 1 atom stereocenters. The van der Waals surface area contributed by atoms with Crippen molar-refractivity contribution >= 4 is 11.8 Å². The molecule has 0 aliphatic carbocycles. The minimum absolute atomic E-state index is 0.115. The van der Waals surface area contributed by atoms with E-state index >= 15 is 0 Å². The molecule has 0 bridgehead atoms. The molecule has 5 heteroatoms. The van der Waals surface area contributed by atoms with Gasteiger partial charge in [-0.15, -0.1) is 0 Å². The molecule has 1 fully saturated rings. The highest BCUT2D eigenvalue weighted by Gasteiger charge is 2.39. The Kier molecular flexibility index (Phi) is 3.04. The molecule has 1 heterocycles. The molecule has 0 aromatic carbocycles. The van der Waals surface area contributed by atoms with E-state index in [0.717, 1.165) is 13.0 Å². The van der Waals surface area contributed by atoms with Crippen molar-refractivity contribution < 1.29 is 9.59 Å². The van der Waals surface area contributed by atoms with Crippen LogP contribution in [0.3, 0.4) is 0 Å². The molecule has 1 saturated heterocycles. The molecule has 1 rings (SSSR count). The summed E-state index contributed by atoms with van der Waals surface area (Å²) < 4.78 is 0. The zero-order valence-electron chi connectivity index (χ0n) is 9.52. The van der Waals surface area contributed by atoms with Crippen molar-refractivity contribution in [3.63, 3.8) is 0 Å². The number of hydrogen-bond donors (Lipinski definition) is 3. The second kappa shape index (κ2) is 3.81. The maximum atomic E-state index is 11.9. The van der Waals surface area contributed by atoms with Crippen LogP contribution in [0.25, 0.3) is 0 Å². The predicted octanol–water partition coefficient (Wildman–Crippen LogP) is -0.634. The topological polar surface area (TPSA) is 84.2 Å². The molecule has 0 saturated carbocycles. The third kappa shape index (κ3) is 2.47. The summed E-state index contributed by atoms with van der Waals surface area (Å²) in [5.74, 6) is -0.637. The zero-order chi connectivity index (χ0) is 11.7. The minimum Gasteiger partial charge on any atom is -0.368 e. The van der Waals surface area contributed by atoms with Gasteiger partial charge in [-0.1, -0.05) is 0 Å². The highest BCUT2D eigenvalue weighted by Crippen LogP contribution is 2.25. The Morgan fingerprint density at radius 2 is 2.07 bits per heavy atom. The molecule has 1 unspecified atom stereocenters. The van der Waals surface area contributed by atoms with Gasteiger partial charge >= 0.3 is 0 Å². The number of nitrogens with two attached hydrogens (primary N) is 1. The molecule has 86 valence electrons. The first kappa shape index (κ1) is 12.0. The molecule has 2 amide bonds. The number of nitrogens with one attached hydrogen (secondary N) is 2. The largest absolute Gasteiger partial charge is 0.368 e. The summed E-state index contributed by atoms with van der Waals surface area (Å²) in [5, 5.41) is 5.82. The molecule has 0 aromatic heterocycles. The van der Waals surface area contributed by atoms with Crippen LogP contribution in [-0.4, -0.2) is 30.4 Å². The fraction of sp³-hybridized carbons (Fsp3) is 0.800. The number of primary amides is 1. The molecule has 15 heavy (non-hydrogen) atoms. The number of carbonyl (C=O) groups is 2. The standard InChI is InChI=1S/C10H19N3O2/c1-9(2,7(11)14)13-8(15)10(3)4-5-12-6-10/h12H,4-6H2,1-3H3,(H2,11,14)(H,13,15). The number of carbonyl (C=O) groups excluding carboxylic acids is 2. The average Bonchev–Trinajstić information content (AvgIpc) is 2.52. The van der Waals surface area contributed by atoms with Crippen molar-refractivity contribution in [1.82, 2.24) is 10.6 Å².